The van der Waals surface area contributed by atoms with Crippen LogP contribution in [-0.2, 0) is 0 Å². The van der Waals surface area contributed by atoms with Gasteiger partial charge in [-0.1, -0.05) is 18.2 Å². The molecule has 1 saturated heterocycles. The summed E-state index contributed by atoms with van der Waals surface area (Å²) in [5, 5.41) is 4.23. The fraction of sp³-hybridized carbons (Fsp3) is 0.160. The van der Waals surface area contributed by atoms with Crippen molar-refractivity contribution in [1.29, 1.82) is 0 Å². The van der Waals surface area contributed by atoms with Crippen molar-refractivity contribution in [3.05, 3.63) is 108 Å². The van der Waals surface area contributed by atoms with Gasteiger partial charge in [-0.15, -0.1) is 0 Å². The summed E-state index contributed by atoms with van der Waals surface area (Å²) in [6, 6.07) is 22.5. The molecule has 154 valence electrons. The Morgan fingerprint density at radius 1 is 0.871 bits per heavy atom. The molecule has 5 nitrogen and oxygen atoms in total. The summed E-state index contributed by atoms with van der Waals surface area (Å²) in [5.74, 6) is 0.875. The second-order valence-electron chi connectivity index (χ2n) is 7.83. The highest BCUT2D eigenvalue weighted by Crippen LogP contribution is 2.42. The summed E-state index contributed by atoms with van der Waals surface area (Å²) >= 11 is 5.86. The Labute approximate surface area is 187 Å². The Morgan fingerprint density at radius 3 is 2.29 bits per heavy atom. The number of anilines is 1. The fourth-order valence-electron chi connectivity index (χ4n) is 4.36. The van der Waals surface area contributed by atoms with E-state index in [1.807, 2.05) is 55.0 Å². The molecule has 1 aliphatic heterocycles. The molecule has 0 aliphatic carbocycles. The van der Waals surface area contributed by atoms with Crippen LogP contribution in [0.25, 0.3) is 5.82 Å². The van der Waals surface area contributed by atoms with Crippen molar-refractivity contribution in [2.45, 2.75) is 25.9 Å². The summed E-state index contributed by atoms with van der Waals surface area (Å²) in [5.41, 5.74) is 5.54. The highest BCUT2D eigenvalue weighted by molar-refractivity contribution is 7.80. The number of hydrogen-bond donors (Lipinski definition) is 1. The van der Waals surface area contributed by atoms with Crippen molar-refractivity contribution in [3.8, 4) is 5.82 Å². The van der Waals surface area contributed by atoms with Gasteiger partial charge in [0.1, 0.15) is 11.9 Å². The molecule has 1 N–H and O–H groups in total. The maximum Gasteiger partial charge on any atom is 0.174 e. The molecule has 5 rings (SSSR count). The zero-order chi connectivity index (χ0) is 21.4. The number of nitrogens with one attached hydrogen (secondary N) is 1. The van der Waals surface area contributed by atoms with E-state index < -0.39 is 0 Å². The summed E-state index contributed by atoms with van der Waals surface area (Å²) in [6.07, 6.45) is 5.69. The van der Waals surface area contributed by atoms with Gasteiger partial charge in [0.25, 0.3) is 0 Å². The number of rotatable bonds is 4. The molecule has 0 amide bonds. The van der Waals surface area contributed by atoms with Crippen LogP contribution in [-0.4, -0.2) is 19.6 Å². The van der Waals surface area contributed by atoms with Crippen molar-refractivity contribution in [2.24, 2.45) is 0 Å². The van der Waals surface area contributed by atoms with Crippen LogP contribution in [0.4, 0.5) is 5.69 Å². The lowest BCUT2D eigenvalue weighted by Gasteiger charge is -2.29. The van der Waals surface area contributed by atoms with Crippen molar-refractivity contribution >= 4 is 23.0 Å². The molecule has 6 heteroatoms. The number of hydrogen-bond acceptors (Lipinski definition) is 3. The molecule has 0 spiro atoms. The first-order valence-electron chi connectivity index (χ1n) is 10.3. The van der Waals surface area contributed by atoms with Crippen LogP contribution in [0, 0.1) is 13.8 Å². The number of nitrogens with zero attached hydrogens (tertiary/aromatic N) is 4. The molecule has 0 saturated carbocycles. The highest BCUT2D eigenvalue weighted by atomic mass is 32.1. The first kappa shape index (κ1) is 19.5. The third kappa shape index (κ3) is 3.59. The number of thiocarbonyl (C=S) groups is 1. The third-order valence-corrected chi connectivity index (χ3v) is 5.88. The maximum atomic E-state index is 5.86. The average Bonchev–Trinajstić information content (AvgIpc) is 3.38. The van der Waals surface area contributed by atoms with E-state index in [-0.39, 0.29) is 12.1 Å². The number of aromatic nitrogens is 3. The van der Waals surface area contributed by atoms with E-state index in [0.29, 0.717) is 5.11 Å². The predicted octanol–water partition coefficient (Wildman–Crippen LogP) is 5.06. The van der Waals surface area contributed by atoms with Gasteiger partial charge in [-0.05, 0) is 85.7 Å². The predicted molar refractivity (Wildman–Crippen MR) is 127 cm³/mol. The van der Waals surface area contributed by atoms with Crippen LogP contribution in [0.5, 0.6) is 0 Å². The van der Waals surface area contributed by atoms with E-state index in [4.69, 9.17) is 12.2 Å². The van der Waals surface area contributed by atoms with E-state index in [0.717, 1.165) is 22.9 Å². The lowest BCUT2D eigenvalue weighted by atomic mass is 10.00. The minimum atomic E-state index is -0.0909. The van der Waals surface area contributed by atoms with E-state index in [2.05, 4.69) is 68.9 Å². The topological polar surface area (TPSA) is 46.0 Å². The first-order chi connectivity index (χ1) is 15.1. The van der Waals surface area contributed by atoms with Crippen molar-refractivity contribution in [1.82, 2.24) is 19.9 Å². The molecule has 3 aromatic heterocycles. The minimum Gasteiger partial charge on any atom is -0.351 e. The van der Waals surface area contributed by atoms with Gasteiger partial charge in [0.15, 0.2) is 5.11 Å². The molecular formula is C25H23N5S. The molecule has 1 fully saturated rings. The Kier molecular flexibility index (Phi) is 5.00. The molecule has 0 bridgehead atoms. The average molecular weight is 426 g/mol. The molecule has 31 heavy (non-hydrogen) atoms. The van der Waals surface area contributed by atoms with Gasteiger partial charge < -0.3 is 14.8 Å². The second kappa shape index (κ2) is 7.96. The Balaban J connectivity index is 1.69. The van der Waals surface area contributed by atoms with Gasteiger partial charge in [0.2, 0.25) is 0 Å². The van der Waals surface area contributed by atoms with E-state index in [1.54, 1.807) is 0 Å². The van der Waals surface area contributed by atoms with Crippen molar-refractivity contribution in [3.63, 3.8) is 0 Å². The van der Waals surface area contributed by atoms with E-state index >= 15 is 0 Å². The summed E-state index contributed by atoms with van der Waals surface area (Å²) in [6.45, 7) is 4.23. The zero-order valence-electron chi connectivity index (χ0n) is 17.4. The maximum absolute atomic E-state index is 5.86. The molecule has 0 radical (unpaired) electrons. The lowest BCUT2D eigenvalue weighted by Crippen LogP contribution is -2.30. The molecule has 1 aromatic carbocycles. The summed E-state index contributed by atoms with van der Waals surface area (Å²) in [4.78, 5) is 11.4. The van der Waals surface area contributed by atoms with Crippen LogP contribution < -0.4 is 10.2 Å². The molecule has 1 aliphatic rings. The van der Waals surface area contributed by atoms with Gasteiger partial charge in [0, 0.05) is 30.0 Å². The van der Waals surface area contributed by atoms with Crippen LogP contribution in [0.2, 0.25) is 0 Å². The fourth-order valence-corrected chi connectivity index (χ4v) is 4.71. The SMILES string of the molecule is Cc1cc(C)cc(N2C(=S)N[C@@H](c3ccccn3)[C@@H]2c2cccn2-c2ccccn2)c1. The normalized spacial score (nSPS) is 18.3. The van der Waals surface area contributed by atoms with Gasteiger partial charge in [-0.2, -0.15) is 0 Å². The zero-order valence-corrected chi connectivity index (χ0v) is 18.3. The largest absolute Gasteiger partial charge is 0.351 e. The van der Waals surface area contributed by atoms with Crippen LogP contribution >= 0.6 is 12.2 Å². The van der Waals surface area contributed by atoms with Gasteiger partial charge in [0.05, 0.1) is 11.7 Å². The molecular weight excluding hydrogens is 402 g/mol. The van der Waals surface area contributed by atoms with Crippen molar-refractivity contribution < 1.29 is 0 Å². The Hall–Kier alpha value is -3.51. The third-order valence-electron chi connectivity index (χ3n) is 5.56. The minimum absolute atomic E-state index is 0.0828. The van der Waals surface area contributed by atoms with Crippen molar-refractivity contribution in [2.75, 3.05) is 4.90 Å². The lowest BCUT2D eigenvalue weighted by molar-refractivity contribution is 0.548. The second-order valence-corrected chi connectivity index (χ2v) is 8.22. The number of aryl methyl sites for hydroxylation is 2. The Morgan fingerprint density at radius 2 is 1.61 bits per heavy atom. The molecule has 4 aromatic rings. The van der Waals surface area contributed by atoms with Crippen LogP contribution in [0.15, 0.2) is 85.3 Å². The quantitative estimate of drug-likeness (QED) is 0.463. The first-order valence-corrected chi connectivity index (χ1v) is 10.7. The van der Waals surface area contributed by atoms with E-state index in [9.17, 15) is 0 Å². The Bertz CT molecular complexity index is 1200. The van der Waals surface area contributed by atoms with Gasteiger partial charge in [-0.25, -0.2) is 4.98 Å². The molecule has 2 atom stereocenters. The highest BCUT2D eigenvalue weighted by Gasteiger charge is 2.42. The smallest absolute Gasteiger partial charge is 0.174 e. The number of benzene rings is 1. The molecule has 0 unspecified atom stereocenters. The molecule has 4 heterocycles. The summed E-state index contributed by atoms with van der Waals surface area (Å²) in [7, 11) is 0. The van der Waals surface area contributed by atoms with Gasteiger partial charge in [-0.3, -0.25) is 4.98 Å². The summed E-state index contributed by atoms with van der Waals surface area (Å²) < 4.78 is 2.13. The van der Waals surface area contributed by atoms with Gasteiger partial charge >= 0.3 is 0 Å². The number of pyridine rings is 2. The monoisotopic (exact) mass is 425 g/mol. The standard InChI is InChI=1S/C25H23N5S/c1-17-14-18(2)16-19(15-17)30-24(23(28-25(30)31)20-8-3-5-11-26-20)21-9-7-13-29(21)22-10-4-6-12-27-22/h3-16,23-24H,1-2H3,(H,28,31)/t23-,24-/m0/s1. The van der Waals surface area contributed by atoms with E-state index in [1.165, 1.54) is 11.1 Å². The van der Waals surface area contributed by atoms with Crippen LogP contribution in [0.1, 0.15) is 34.6 Å². The van der Waals surface area contributed by atoms with Crippen LogP contribution in [0.3, 0.4) is 0 Å².